The van der Waals surface area contributed by atoms with Crippen molar-refractivity contribution in [3.8, 4) is 5.75 Å². The van der Waals surface area contributed by atoms with Gasteiger partial charge in [0.05, 0.1) is 36.2 Å². The first kappa shape index (κ1) is 30.4. The Morgan fingerprint density at radius 2 is 1.68 bits per heavy atom. The molecule has 0 aromatic heterocycles. The number of ether oxygens (including phenoxy) is 2. The molecule has 11 heteroatoms. The van der Waals surface area contributed by atoms with E-state index in [0.29, 0.717) is 28.9 Å². The smallest absolute Gasteiger partial charge is 0.202 e. The van der Waals surface area contributed by atoms with Gasteiger partial charge in [0.1, 0.15) is 5.75 Å². The highest BCUT2D eigenvalue weighted by molar-refractivity contribution is 7.92. The summed E-state index contributed by atoms with van der Waals surface area (Å²) in [5.74, 6) is 1.06. The van der Waals surface area contributed by atoms with Crippen LogP contribution in [0.3, 0.4) is 0 Å². The number of sulfone groups is 1. The van der Waals surface area contributed by atoms with Crippen molar-refractivity contribution in [3.05, 3.63) is 77.9 Å². The number of hydrogen-bond donors (Lipinski definition) is 3. The molecule has 10 nitrogen and oxygen atoms in total. The first-order valence-corrected chi connectivity index (χ1v) is 16.9. The van der Waals surface area contributed by atoms with Crippen LogP contribution in [-0.4, -0.2) is 77.1 Å². The molecule has 234 valence electrons. The van der Waals surface area contributed by atoms with E-state index in [4.69, 9.17) is 20.2 Å². The van der Waals surface area contributed by atoms with Gasteiger partial charge in [-0.15, -0.1) is 0 Å². The Labute approximate surface area is 260 Å². The number of nitrogens with one attached hydrogen (secondary N) is 2. The number of benzene rings is 3. The van der Waals surface area contributed by atoms with Crippen LogP contribution in [0.5, 0.6) is 5.75 Å². The molecule has 3 aromatic carbocycles. The quantitative estimate of drug-likeness (QED) is 0.357. The van der Waals surface area contributed by atoms with Gasteiger partial charge in [0.25, 0.3) is 0 Å². The lowest BCUT2D eigenvalue weighted by Crippen LogP contribution is -2.49. The van der Waals surface area contributed by atoms with Crippen molar-refractivity contribution in [2.45, 2.75) is 48.5 Å². The minimum Gasteiger partial charge on any atom is -0.494 e. The zero-order valence-corrected chi connectivity index (χ0v) is 26.4. The monoisotopic (exact) mass is 618 g/mol. The fourth-order valence-corrected chi connectivity index (χ4v) is 7.71. The van der Waals surface area contributed by atoms with E-state index in [-0.39, 0.29) is 4.90 Å². The molecule has 3 heterocycles. The molecular formula is C33H42N6O4S. The average Bonchev–Trinajstić information content (AvgIpc) is 3.05. The van der Waals surface area contributed by atoms with Gasteiger partial charge in [-0.05, 0) is 51.0 Å². The number of methoxy groups -OCH3 is 1. The maximum absolute atomic E-state index is 13.4. The highest BCUT2D eigenvalue weighted by Crippen LogP contribution is 2.41. The molecule has 2 saturated heterocycles. The molecule has 0 radical (unpaired) electrons. The predicted octanol–water partition coefficient (Wildman–Crippen LogP) is 4.23. The van der Waals surface area contributed by atoms with Crippen molar-refractivity contribution in [1.82, 2.24) is 4.90 Å². The normalized spacial score (nSPS) is 21.4. The van der Waals surface area contributed by atoms with Gasteiger partial charge in [-0.3, -0.25) is 10.6 Å². The van der Waals surface area contributed by atoms with Crippen molar-refractivity contribution in [2.24, 2.45) is 10.7 Å². The lowest BCUT2D eigenvalue weighted by Gasteiger charge is -2.41. The SMILES string of the molecule is COc1cc(N2CCC(N3CCOCC3)CC2)ccc1NC1=NC(N)(c2ccccc2S(=O)(=O)C(C)C)c2ccccc2N1. The fourth-order valence-electron chi connectivity index (χ4n) is 6.40. The Hall–Kier alpha value is -3.64. The summed E-state index contributed by atoms with van der Waals surface area (Å²) in [5, 5.41) is 6.11. The predicted molar refractivity (Wildman–Crippen MR) is 175 cm³/mol. The second kappa shape index (κ2) is 12.4. The number of para-hydroxylation sites is 1. The lowest BCUT2D eigenvalue weighted by atomic mass is 9.90. The lowest BCUT2D eigenvalue weighted by molar-refractivity contribution is 0.0115. The van der Waals surface area contributed by atoms with E-state index in [9.17, 15) is 8.42 Å². The van der Waals surface area contributed by atoms with Crippen molar-refractivity contribution >= 4 is 32.9 Å². The van der Waals surface area contributed by atoms with Gasteiger partial charge in [-0.2, -0.15) is 0 Å². The number of aliphatic imine (C=N–C) groups is 1. The van der Waals surface area contributed by atoms with Crippen LogP contribution in [0.4, 0.5) is 17.1 Å². The van der Waals surface area contributed by atoms with Crippen LogP contribution in [0.1, 0.15) is 37.8 Å². The summed E-state index contributed by atoms with van der Waals surface area (Å²) in [4.78, 5) is 10.1. The van der Waals surface area contributed by atoms with Gasteiger partial charge in [-0.25, -0.2) is 13.4 Å². The Morgan fingerprint density at radius 1 is 1.00 bits per heavy atom. The molecule has 1 unspecified atom stereocenters. The third-order valence-electron chi connectivity index (χ3n) is 8.93. The number of nitrogens with two attached hydrogens (primary N) is 1. The Kier molecular flexibility index (Phi) is 8.56. The van der Waals surface area contributed by atoms with Crippen LogP contribution in [0.2, 0.25) is 0 Å². The van der Waals surface area contributed by atoms with E-state index in [1.54, 1.807) is 45.2 Å². The van der Waals surface area contributed by atoms with E-state index in [0.717, 1.165) is 69.3 Å². The van der Waals surface area contributed by atoms with E-state index >= 15 is 0 Å². The summed E-state index contributed by atoms with van der Waals surface area (Å²) in [6, 6.07) is 21.2. The van der Waals surface area contributed by atoms with E-state index in [1.807, 2.05) is 30.3 Å². The van der Waals surface area contributed by atoms with Gasteiger partial charge in [0.15, 0.2) is 15.5 Å². The van der Waals surface area contributed by atoms with Crippen LogP contribution in [0.15, 0.2) is 76.6 Å². The van der Waals surface area contributed by atoms with Gasteiger partial charge in [0, 0.05) is 60.8 Å². The fraction of sp³-hybridized carbons (Fsp3) is 0.424. The number of hydrogen-bond acceptors (Lipinski definition) is 10. The van der Waals surface area contributed by atoms with E-state index < -0.39 is 20.8 Å². The largest absolute Gasteiger partial charge is 0.494 e. The molecule has 0 aliphatic carbocycles. The molecule has 2 fully saturated rings. The maximum atomic E-state index is 13.4. The molecule has 3 aliphatic heterocycles. The van der Waals surface area contributed by atoms with Gasteiger partial charge in [0.2, 0.25) is 5.96 Å². The molecule has 3 aromatic rings. The number of morpholine rings is 1. The zero-order valence-electron chi connectivity index (χ0n) is 25.6. The summed E-state index contributed by atoms with van der Waals surface area (Å²) in [5.41, 5.74) is 9.32. The molecule has 0 bridgehead atoms. The van der Waals surface area contributed by atoms with Crippen molar-refractivity contribution in [2.75, 3.05) is 62.0 Å². The van der Waals surface area contributed by atoms with Crippen LogP contribution < -0.4 is 26.0 Å². The first-order valence-electron chi connectivity index (χ1n) is 15.3. The number of nitrogens with zero attached hydrogens (tertiary/aromatic N) is 3. The van der Waals surface area contributed by atoms with Crippen LogP contribution in [0.25, 0.3) is 0 Å². The molecular weight excluding hydrogens is 576 g/mol. The summed E-state index contributed by atoms with van der Waals surface area (Å²) in [6.45, 7) is 9.00. The topological polar surface area (TPSA) is 122 Å². The van der Waals surface area contributed by atoms with Crippen molar-refractivity contribution in [3.63, 3.8) is 0 Å². The highest BCUT2D eigenvalue weighted by atomic mass is 32.2. The number of anilines is 3. The van der Waals surface area contributed by atoms with Crippen LogP contribution in [0, 0.1) is 0 Å². The first-order chi connectivity index (χ1) is 21.2. The average molecular weight is 619 g/mol. The molecule has 3 aliphatic rings. The number of piperidine rings is 1. The number of fused-ring (bicyclic) bond motifs is 1. The second-order valence-corrected chi connectivity index (χ2v) is 14.3. The Balaban J connectivity index is 1.28. The minimum atomic E-state index is -3.63. The third-order valence-corrected chi connectivity index (χ3v) is 11.1. The standard InChI is InChI=1S/C33H42N6O4S/c1-23(2)44(40,41)31-11-7-5-9-27(31)33(34)26-8-4-6-10-28(26)35-32(37-33)36-29-13-12-25(22-30(29)42-3)38-16-14-24(15-17-38)39-18-20-43-21-19-39/h4-13,22-24H,14-21,34H2,1-3H3,(H2,35,36,37). The van der Waals surface area contributed by atoms with Gasteiger partial charge < -0.3 is 25.0 Å². The molecule has 0 saturated carbocycles. The summed E-state index contributed by atoms with van der Waals surface area (Å²) >= 11 is 0. The number of guanidine groups is 1. The maximum Gasteiger partial charge on any atom is 0.202 e. The number of rotatable bonds is 7. The van der Waals surface area contributed by atoms with E-state index in [2.05, 4.69) is 32.6 Å². The molecule has 4 N–H and O–H groups in total. The second-order valence-electron chi connectivity index (χ2n) is 11.9. The van der Waals surface area contributed by atoms with Crippen molar-refractivity contribution in [1.29, 1.82) is 0 Å². The molecule has 44 heavy (non-hydrogen) atoms. The summed E-state index contributed by atoms with van der Waals surface area (Å²) in [7, 11) is -1.98. The summed E-state index contributed by atoms with van der Waals surface area (Å²) < 4.78 is 38.2. The molecule has 0 spiro atoms. The zero-order chi connectivity index (χ0) is 30.9. The molecule has 1 atom stereocenters. The van der Waals surface area contributed by atoms with Crippen molar-refractivity contribution < 1.29 is 17.9 Å². The van der Waals surface area contributed by atoms with E-state index in [1.165, 1.54) is 0 Å². The summed E-state index contributed by atoms with van der Waals surface area (Å²) in [6.07, 6.45) is 2.24. The van der Waals surface area contributed by atoms with Gasteiger partial charge >= 0.3 is 0 Å². The molecule has 6 rings (SSSR count). The van der Waals surface area contributed by atoms with Crippen LogP contribution in [-0.2, 0) is 20.2 Å². The Bertz CT molecular complexity index is 1630. The third kappa shape index (κ3) is 5.77. The van der Waals surface area contributed by atoms with Crippen LogP contribution >= 0.6 is 0 Å². The highest BCUT2D eigenvalue weighted by Gasteiger charge is 2.40. The molecule has 0 amide bonds. The Morgan fingerprint density at radius 3 is 2.39 bits per heavy atom. The van der Waals surface area contributed by atoms with Gasteiger partial charge in [-0.1, -0.05) is 36.4 Å². The minimum absolute atomic E-state index is 0.177.